The van der Waals surface area contributed by atoms with Crippen molar-refractivity contribution in [1.29, 1.82) is 0 Å². The number of fused-ring (bicyclic) bond motifs is 3. The number of nitrogens with one attached hydrogen (secondary N) is 2. The predicted molar refractivity (Wildman–Crippen MR) is 125 cm³/mol. The average molecular weight is 419 g/mol. The van der Waals surface area contributed by atoms with Gasteiger partial charge in [-0.2, -0.15) is 10.2 Å². The maximum absolute atomic E-state index is 5.79. The molecular weight excluding hydrogens is 398 g/mol. The molecule has 4 N–H and O–H groups in total. The molecule has 4 heterocycles. The molecular formula is C25H21N7. The maximum atomic E-state index is 5.79. The van der Waals surface area contributed by atoms with E-state index in [2.05, 4.69) is 68.1 Å². The van der Waals surface area contributed by atoms with Crippen molar-refractivity contribution >= 4 is 11.9 Å². The van der Waals surface area contributed by atoms with E-state index in [4.69, 9.17) is 10.7 Å². The zero-order chi connectivity index (χ0) is 21.5. The smallest absolute Gasteiger partial charge is 0.164 e. The van der Waals surface area contributed by atoms with Gasteiger partial charge in [0.15, 0.2) is 12.0 Å². The molecule has 156 valence electrons. The summed E-state index contributed by atoms with van der Waals surface area (Å²) in [7, 11) is 0. The first-order valence-electron chi connectivity index (χ1n) is 10.5. The molecule has 7 nitrogen and oxygen atoms in total. The lowest BCUT2D eigenvalue weighted by molar-refractivity contribution is 0.383. The van der Waals surface area contributed by atoms with Crippen molar-refractivity contribution in [2.24, 2.45) is 10.8 Å². The number of amidine groups is 1. The van der Waals surface area contributed by atoms with Crippen LogP contribution in [0.5, 0.6) is 0 Å². The van der Waals surface area contributed by atoms with Crippen molar-refractivity contribution in [3.8, 4) is 22.4 Å². The quantitative estimate of drug-likeness (QED) is 0.467. The van der Waals surface area contributed by atoms with Gasteiger partial charge in [0, 0.05) is 35.6 Å². The van der Waals surface area contributed by atoms with Gasteiger partial charge in [0.2, 0.25) is 0 Å². The highest BCUT2D eigenvalue weighted by Crippen LogP contribution is 2.36. The lowest BCUT2D eigenvalue weighted by atomic mass is 9.94. The second-order valence-electron chi connectivity index (χ2n) is 7.79. The van der Waals surface area contributed by atoms with Crippen LogP contribution in [0.2, 0.25) is 0 Å². The molecule has 2 aromatic carbocycles. The summed E-state index contributed by atoms with van der Waals surface area (Å²) in [6.07, 6.45) is 5.68. The van der Waals surface area contributed by atoms with Crippen LogP contribution in [0.4, 0.5) is 0 Å². The van der Waals surface area contributed by atoms with Crippen LogP contribution in [0.3, 0.4) is 0 Å². The Balaban J connectivity index is 1.49. The summed E-state index contributed by atoms with van der Waals surface area (Å²) in [5.74, 6) is 0.844. The van der Waals surface area contributed by atoms with Crippen LogP contribution in [0.1, 0.15) is 28.7 Å². The molecule has 0 aliphatic carbocycles. The maximum Gasteiger partial charge on any atom is 0.164 e. The first kappa shape index (κ1) is 18.5. The van der Waals surface area contributed by atoms with Crippen LogP contribution in [-0.2, 0) is 6.54 Å². The summed E-state index contributed by atoms with van der Waals surface area (Å²) in [6, 6.07) is 22.8. The summed E-state index contributed by atoms with van der Waals surface area (Å²) in [5.41, 5.74) is 17.1. The number of hydrogen-bond donors (Lipinski definition) is 3. The fourth-order valence-corrected chi connectivity index (χ4v) is 4.20. The second-order valence-corrected chi connectivity index (χ2v) is 7.79. The number of aromatic amines is 1. The minimum absolute atomic E-state index is 0.124. The molecule has 0 bridgehead atoms. The van der Waals surface area contributed by atoms with Crippen LogP contribution >= 0.6 is 0 Å². The van der Waals surface area contributed by atoms with Gasteiger partial charge in [0.05, 0.1) is 17.1 Å². The number of nitrogens with two attached hydrogens (primary N) is 1. The van der Waals surface area contributed by atoms with E-state index >= 15 is 0 Å². The minimum Gasteiger partial charge on any atom is -0.326 e. The summed E-state index contributed by atoms with van der Waals surface area (Å²) < 4.78 is 0. The molecule has 0 spiro atoms. The fraction of sp³-hybridized carbons (Fsp3) is 0.0800. The van der Waals surface area contributed by atoms with Crippen molar-refractivity contribution in [2.45, 2.75) is 12.7 Å². The molecule has 2 aliphatic rings. The average Bonchev–Trinajstić information content (AvgIpc) is 3.54. The van der Waals surface area contributed by atoms with Gasteiger partial charge in [-0.15, -0.1) is 0 Å². The second kappa shape index (κ2) is 7.47. The number of nitrogens with zero attached hydrogens (tertiary/aromatic N) is 4. The van der Waals surface area contributed by atoms with E-state index in [1.165, 1.54) is 0 Å². The van der Waals surface area contributed by atoms with Crippen molar-refractivity contribution in [1.82, 2.24) is 25.5 Å². The van der Waals surface area contributed by atoms with Crippen molar-refractivity contribution in [3.05, 3.63) is 102 Å². The third kappa shape index (κ3) is 2.99. The molecule has 0 saturated carbocycles. The highest BCUT2D eigenvalue weighted by Gasteiger charge is 2.33. The highest BCUT2D eigenvalue weighted by molar-refractivity contribution is 6.06. The Kier molecular flexibility index (Phi) is 4.33. The molecule has 4 aromatic rings. The number of aromatic nitrogens is 3. The van der Waals surface area contributed by atoms with Crippen LogP contribution in [0.15, 0.2) is 84.2 Å². The van der Waals surface area contributed by atoms with E-state index in [0.717, 1.165) is 50.7 Å². The van der Waals surface area contributed by atoms with Crippen LogP contribution in [0, 0.1) is 0 Å². The van der Waals surface area contributed by atoms with Gasteiger partial charge in [-0.1, -0.05) is 54.6 Å². The van der Waals surface area contributed by atoms with Gasteiger partial charge < -0.3 is 10.6 Å². The van der Waals surface area contributed by atoms with E-state index in [9.17, 15) is 0 Å². The molecule has 0 amide bonds. The Bertz CT molecular complexity index is 1320. The minimum atomic E-state index is -0.124. The Hall–Kier alpha value is -4.23. The van der Waals surface area contributed by atoms with Gasteiger partial charge in [0.1, 0.15) is 0 Å². The number of hydrogen-bond acceptors (Lipinski definition) is 6. The fourth-order valence-electron chi connectivity index (χ4n) is 4.20. The molecule has 0 radical (unpaired) electrons. The number of benzene rings is 2. The monoisotopic (exact) mass is 419 g/mol. The van der Waals surface area contributed by atoms with Gasteiger partial charge in [-0.25, -0.2) is 4.98 Å². The van der Waals surface area contributed by atoms with E-state index < -0.39 is 0 Å². The normalized spacial score (nSPS) is 16.3. The van der Waals surface area contributed by atoms with Gasteiger partial charge in [-0.05, 0) is 29.3 Å². The van der Waals surface area contributed by atoms with Crippen molar-refractivity contribution < 1.29 is 0 Å². The lowest BCUT2D eigenvalue weighted by Gasteiger charge is -2.26. The predicted octanol–water partition coefficient (Wildman–Crippen LogP) is 3.85. The standard InChI is InChI=1S/C25H21N7/c26-15-16-6-8-18(9-7-16)23-19(17-4-2-1-3-5-17)14-20-21(28-23)11-13-32-24(20)30-31-25(32)22-10-12-27-29-22/h1-14,25,31H,15,26H2,(H,27,29). The van der Waals surface area contributed by atoms with Gasteiger partial charge in [-0.3, -0.25) is 10.5 Å². The molecule has 1 atom stereocenters. The molecule has 2 aliphatic heterocycles. The Labute approximate surface area is 185 Å². The molecule has 7 heteroatoms. The summed E-state index contributed by atoms with van der Waals surface area (Å²) >= 11 is 0. The SMILES string of the molecule is NCc1ccc(-c2nc3c(cc2-c2ccccc2)C2=NNC(c4ccn[nH]4)N2C=C3)cc1. The first-order valence-corrected chi connectivity index (χ1v) is 10.5. The summed E-state index contributed by atoms with van der Waals surface area (Å²) in [4.78, 5) is 7.19. The Morgan fingerprint density at radius 1 is 0.938 bits per heavy atom. The topological polar surface area (TPSA) is 95.2 Å². The molecule has 0 saturated heterocycles. The third-order valence-corrected chi connectivity index (χ3v) is 5.87. The van der Waals surface area contributed by atoms with Gasteiger partial charge >= 0.3 is 0 Å². The van der Waals surface area contributed by atoms with Crippen LogP contribution in [-0.4, -0.2) is 25.9 Å². The van der Waals surface area contributed by atoms with Crippen molar-refractivity contribution in [2.75, 3.05) is 0 Å². The number of pyridine rings is 1. The molecule has 6 rings (SSSR count). The number of hydrazone groups is 1. The number of H-pyrrole nitrogens is 1. The molecule has 32 heavy (non-hydrogen) atoms. The largest absolute Gasteiger partial charge is 0.326 e. The van der Waals surface area contributed by atoms with E-state index in [-0.39, 0.29) is 6.17 Å². The van der Waals surface area contributed by atoms with E-state index in [1.807, 2.05) is 36.5 Å². The summed E-state index contributed by atoms with van der Waals surface area (Å²) in [5, 5.41) is 11.7. The summed E-state index contributed by atoms with van der Waals surface area (Å²) in [6.45, 7) is 0.520. The van der Waals surface area contributed by atoms with Crippen LogP contribution in [0.25, 0.3) is 28.5 Å². The molecule has 2 aromatic heterocycles. The highest BCUT2D eigenvalue weighted by atomic mass is 15.5. The zero-order valence-corrected chi connectivity index (χ0v) is 17.2. The molecule has 1 unspecified atom stereocenters. The lowest BCUT2D eigenvalue weighted by Crippen LogP contribution is -2.31. The third-order valence-electron chi connectivity index (χ3n) is 5.87. The van der Waals surface area contributed by atoms with Gasteiger partial charge in [0.25, 0.3) is 0 Å². The zero-order valence-electron chi connectivity index (χ0n) is 17.2. The van der Waals surface area contributed by atoms with Crippen LogP contribution < -0.4 is 11.2 Å². The van der Waals surface area contributed by atoms with Crippen molar-refractivity contribution in [3.63, 3.8) is 0 Å². The number of rotatable bonds is 4. The van der Waals surface area contributed by atoms with E-state index in [1.54, 1.807) is 6.20 Å². The van der Waals surface area contributed by atoms with E-state index in [0.29, 0.717) is 6.54 Å². The Morgan fingerprint density at radius 3 is 2.53 bits per heavy atom. The molecule has 0 fully saturated rings. The first-order chi connectivity index (χ1) is 15.8. The Morgan fingerprint density at radius 2 is 1.78 bits per heavy atom.